The number of phosphoric ester groups is 2. The van der Waals surface area contributed by atoms with Gasteiger partial charge in [-0.1, -0.05) is 291 Å². The molecule has 4 unspecified atom stereocenters. The Labute approximate surface area is 561 Å². The first-order chi connectivity index (χ1) is 44.3. The van der Waals surface area contributed by atoms with Crippen molar-refractivity contribution in [3.8, 4) is 0 Å². The number of esters is 4. The standard InChI is InChI=1S/C73H138O17P2/c1-8-10-11-12-13-14-15-16-17-18-19-27-34-42-49-56-72(77)90-69(61-84-71(76)55-48-41-36-29-31-38-45-52-65(5)6)63-88-92(81,82)86-59-67(74)58-85-91(79,80)87-62-68(89-73(78)57-50-43-35-28-22-20-24-30-37-44-51-64(3)4)60-83-70(75)54-47-40-33-26-23-21-25-32-39-46-53-66(7)9-2/h14-17,64-69,74H,8-13,18-63H2,1-7H3,(H,79,80)(H,81,82)/b15-14-,17-16-/t66?,67?,68-,69-/m1/s1. The van der Waals surface area contributed by atoms with Gasteiger partial charge >= 0.3 is 39.5 Å². The lowest BCUT2D eigenvalue weighted by atomic mass is 9.99. The number of hydrogen-bond donors (Lipinski definition) is 3. The third-order valence-corrected chi connectivity index (χ3v) is 18.5. The maximum absolute atomic E-state index is 13.0. The highest BCUT2D eigenvalue weighted by atomic mass is 31.2. The summed E-state index contributed by atoms with van der Waals surface area (Å²) in [5, 5.41) is 10.6. The van der Waals surface area contributed by atoms with Crippen molar-refractivity contribution in [3.05, 3.63) is 24.3 Å². The van der Waals surface area contributed by atoms with E-state index in [0.29, 0.717) is 31.6 Å². The normalized spacial score (nSPS) is 14.6. The molecule has 0 bridgehead atoms. The fourth-order valence-electron chi connectivity index (χ4n) is 10.5. The van der Waals surface area contributed by atoms with Gasteiger partial charge in [0.1, 0.15) is 19.3 Å². The average molecular weight is 1350 g/mol. The molecule has 19 heteroatoms. The summed E-state index contributed by atoms with van der Waals surface area (Å²) in [7, 11) is -9.92. The van der Waals surface area contributed by atoms with Crippen LogP contribution < -0.4 is 0 Å². The van der Waals surface area contributed by atoms with Gasteiger partial charge in [-0.2, -0.15) is 0 Å². The summed E-state index contributed by atoms with van der Waals surface area (Å²) in [4.78, 5) is 72.6. The monoisotopic (exact) mass is 1350 g/mol. The van der Waals surface area contributed by atoms with E-state index in [1.165, 1.54) is 135 Å². The van der Waals surface area contributed by atoms with Crippen molar-refractivity contribution in [2.24, 2.45) is 17.8 Å². The highest BCUT2D eigenvalue weighted by Crippen LogP contribution is 2.45. The molecule has 542 valence electrons. The minimum atomic E-state index is -4.96. The van der Waals surface area contributed by atoms with Gasteiger partial charge in [0.15, 0.2) is 12.2 Å². The van der Waals surface area contributed by atoms with Gasteiger partial charge in [-0.15, -0.1) is 0 Å². The lowest BCUT2D eigenvalue weighted by Gasteiger charge is -2.21. The first kappa shape index (κ1) is 89.5. The van der Waals surface area contributed by atoms with Gasteiger partial charge < -0.3 is 33.8 Å². The molecular formula is C73H138O17P2. The molecule has 6 atom stereocenters. The molecule has 0 aromatic carbocycles. The molecule has 0 saturated heterocycles. The second kappa shape index (κ2) is 63.3. The van der Waals surface area contributed by atoms with Gasteiger partial charge in [0.25, 0.3) is 0 Å². The topological polar surface area (TPSA) is 237 Å². The number of allylic oxidation sites excluding steroid dienone is 4. The predicted octanol–water partition coefficient (Wildman–Crippen LogP) is 20.6. The molecule has 0 aromatic heterocycles. The number of carbonyl (C=O) groups excluding carboxylic acids is 4. The van der Waals surface area contributed by atoms with Crippen LogP contribution in [0.15, 0.2) is 24.3 Å². The lowest BCUT2D eigenvalue weighted by molar-refractivity contribution is -0.161. The van der Waals surface area contributed by atoms with Crippen LogP contribution in [-0.4, -0.2) is 96.7 Å². The Morgan fingerprint density at radius 1 is 0.359 bits per heavy atom. The Morgan fingerprint density at radius 3 is 0.967 bits per heavy atom. The van der Waals surface area contributed by atoms with Crippen molar-refractivity contribution in [1.29, 1.82) is 0 Å². The second-order valence-electron chi connectivity index (χ2n) is 26.8. The van der Waals surface area contributed by atoms with Crippen molar-refractivity contribution in [3.63, 3.8) is 0 Å². The zero-order valence-electron chi connectivity index (χ0n) is 59.5. The smallest absolute Gasteiger partial charge is 0.462 e. The summed E-state index contributed by atoms with van der Waals surface area (Å²) in [5.74, 6) is 0.106. The quantitative estimate of drug-likeness (QED) is 0.0169. The van der Waals surface area contributed by atoms with Gasteiger partial charge in [0.05, 0.1) is 26.4 Å². The van der Waals surface area contributed by atoms with E-state index >= 15 is 0 Å². The molecule has 0 aromatic rings. The minimum absolute atomic E-state index is 0.0838. The molecule has 0 heterocycles. The number of aliphatic hydroxyl groups is 1. The fourth-order valence-corrected chi connectivity index (χ4v) is 12.1. The van der Waals surface area contributed by atoms with Crippen LogP contribution in [0.3, 0.4) is 0 Å². The zero-order valence-corrected chi connectivity index (χ0v) is 61.3. The number of unbranched alkanes of at least 4 members (excludes halogenated alkanes) is 33. The number of ether oxygens (including phenoxy) is 4. The van der Waals surface area contributed by atoms with Crippen LogP contribution in [0.4, 0.5) is 0 Å². The maximum Gasteiger partial charge on any atom is 0.472 e. The lowest BCUT2D eigenvalue weighted by Crippen LogP contribution is -2.30. The third-order valence-electron chi connectivity index (χ3n) is 16.6. The van der Waals surface area contributed by atoms with Gasteiger partial charge in [-0.3, -0.25) is 37.3 Å². The van der Waals surface area contributed by atoms with Crippen LogP contribution in [0, 0.1) is 17.8 Å². The molecule has 92 heavy (non-hydrogen) atoms. The molecule has 0 rings (SSSR count). The predicted molar refractivity (Wildman–Crippen MR) is 372 cm³/mol. The zero-order chi connectivity index (χ0) is 68.0. The second-order valence-corrected chi connectivity index (χ2v) is 29.7. The Morgan fingerprint density at radius 2 is 0.641 bits per heavy atom. The van der Waals surface area contributed by atoms with Gasteiger partial charge in [0.2, 0.25) is 0 Å². The fraction of sp³-hybridized carbons (Fsp3) is 0.890. The summed E-state index contributed by atoms with van der Waals surface area (Å²) in [6.45, 7) is 11.8. The molecule has 3 N–H and O–H groups in total. The van der Waals surface area contributed by atoms with E-state index in [1.807, 2.05) is 0 Å². The third kappa shape index (κ3) is 64.9. The van der Waals surface area contributed by atoms with E-state index in [4.69, 9.17) is 37.0 Å². The molecule has 17 nitrogen and oxygen atoms in total. The summed E-state index contributed by atoms with van der Waals surface area (Å²) in [5.41, 5.74) is 0. The summed E-state index contributed by atoms with van der Waals surface area (Å²) in [6, 6.07) is 0. The maximum atomic E-state index is 13.0. The van der Waals surface area contributed by atoms with Crippen LogP contribution in [0.1, 0.15) is 344 Å². The summed E-state index contributed by atoms with van der Waals surface area (Å²) in [6.07, 6.45) is 50.7. The number of aliphatic hydroxyl groups excluding tert-OH is 1. The van der Waals surface area contributed by atoms with Gasteiger partial charge in [0, 0.05) is 25.7 Å². The van der Waals surface area contributed by atoms with Gasteiger partial charge in [-0.25, -0.2) is 9.13 Å². The molecule has 0 aliphatic rings. The molecule has 0 aliphatic carbocycles. The van der Waals surface area contributed by atoms with Crippen LogP contribution in [-0.2, 0) is 65.4 Å². The average Bonchev–Trinajstić information content (AvgIpc) is 3.09. The van der Waals surface area contributed by atoms with E-state index < -0.39 is 97.5 Å². The Kier molecular flexibility index (Phi) is 61.6. The summed E-state index contributed by atoms with van der Waals surface area (Å²) < 4.78 is 68.3. The molecule has 0 radical (unpaired) electrons. The number of carbonyl (C=O) groups is 4. The van der Waals surface area contributed by atoms with Crippen LogP contribution in [0.2, 0.25) is 0 Å². The highest BCUT2D eigenvalue weighted by molar-refractivity contribution is 7.47. The van der Waals surface area contributed by atoms with E-state index in [2.05, 4.69) is 72.8 Å². The van der Waals surface area contributed by atoms with Crippen molar-refractivity contribution in [2.75, 3.05) is 39.6 Å². The van der Waals surface area contributed by atoms with E-state index in [1.54, 1.807) is 0 Å². The highest BCUT2D eigenvalue weighted by Gasteiger charge is 2.30. The first-order valence-corrected chi connectivity index (χ1v) is 40.2. The van der Waals surface area contributed by atoms with Crippen molar-refractivity contribution in [1.82, 2.24) is 0 Å². The number of hydrogen-bond acceptors (Lipinski definition) is 15. The Hall–Kier alpha value is -2.46. The molecule has 0 spiro atoms. The van der Waals surface area contributed by atoms with Crippen LogP contribution >= 0.6 is 15.6 Å². The van der Waals surface area contributed by atoms with Gasteiger partial charge in [-0.05, 0) is 69.1 Å². The molecule has 0 fully saturated rings. The van der Waals surface area contributed by atoms with Crippen molar-refractivity contribution in [2.45, 2.75) is 362 Å². The Bertz CT molecular complexity index is 1900. The molecule has 0 aliphatic heterocycles. The SMILES string of the molecule is CCCCCC/C=C\C=C/CCCCCCCC(=O)O[C@H](COC(=O)CCCCCCCCCC(C)C)COP(=O)(O)OCC(O)COP(=O)(O)OC[C@@H](COC(=O)CCCCCCCCCCCCC(C)CC)OC(=O)CCCCCCCCCCCCC(C)C. The molecule has 0 amide bonds. The summed E-state index contributed by atoms with van der Waals surface area (Å²) >= 11 is 0. The van der Waals surface area contributed by atoms with Crippen LogP contribution in [0.5, 0.6) is 0 Å². The van der Waals surface area contributed by atoms with E-state index in [9.17, 15) is 43.2 Å². The Balaban J connectivity index is 5.30. The van der Waals surface area contributed by atoms with E-state index in [-0.39, 0.29) is 25.7 Å². The van der Waals surface area contributed by atoms with Crippen molar-refractivity contribution < 1.29 is 80.2 Å². The molecular weight excluding hydrogens is 1210 g/mol. The van der Waals surface area contributed by atoms with Crippen molar-refractivity contribution >= 4 is 39.5 Å². The molecule has 0 saturated carbocycles. The largest absolute Gasteiger partial charge is 0.472 e. The van der Waals surface area contributed by atoms with E-state index in [0.717, 1.165) is 121 Å². The number of phosphoric acid groups is 2. The first-order valence-electron chi connectivity index (χ1n) is 37.2. The number of rotatable bonds is 69. The van der Waals surface area contributed by atoms with Crippen LogP contribution in [0.25, 0.3) is 0 Å². The minimum Gasteiger partial charge on any atom is -0.462 e.